The van der Waals surface area contributed by atoms with Crippen LogP contribution in [-0.4, -0.2) is 54.9 Å². The normalized spacial score (nSPS) is 29.2. The molecular formula is C16H24N2O3. The van der Waals surface area contributed by atoms with Crippen LogP contribution in [0.1, 0.15) is 29.8 Å². The van der Waals surface area contributed by atoms with Gasteiger partial charge in [0.2, 0.25) is 0 Å². The molecule has 1 aromatic rings. The van der Waals surface area contributed by atoms with E-state index in [0.717, 1.165) is 44.7 Å². The highest BCUT2D eigenvalue weighted by atomic mass is 16.5. The Morgan fingerprint density at radius 3 is 3.14 bits per heavy atom. The molecule has 2 aliphatic heterocycles. The van der Waals surface area contributed by atoms with Gasteiger partial charge in [-0.05, 0) is 31.4 Å². The van der Waals surface area contributed by atoms with Crippen molar-refractivity contribution >= 4 is 5.91 Å². The maximum absolute atomic E-state index is 12.7. The Labute approximate surface area is 125 Å². The number of piperidine rings is 1. The largest absolute Gasteiger partial charge is 0.384 e. The second-order valence-electron chi connectivity index (χ2n) is 6.28. The number of carbonyl (C=O) groups excluding carboxylic acids is 1. The van der Waals surface area contributed by atoms with E-state index in [4.69, 9.17) is 9.47 Å². The molecule has 0 aromatic carbocycles. The van der Waals surface area contributed by atoms with Gasteiger partial charge in [0.1, 0.15) is 5.69 Å². The lowest BCUT2D eigenvalue weighted by atomic mass is 9.73. The maximum Gasteiger partial charge on any atom is 0.270 e. The van der Waals surface area contributed by atoms with E-state index >= 15 is 0 Å². The van der Waals surface area contributed by atoms with Crippen molar-refractivity contribution in [3.05, 3.63) is 24.0 Å². The van der Waals surface area contributed by atoms with Crippen molar-refractivity contribution in [2.24, 2.45) is 12.5 Å². The summed E-state index contributed by atoms with van der Waals surface area (Å²) >= 11 is 0. The molecule has 3 heterocycles. The number of fused-ring (bicyclic) bond motifs is 1. The maximum atomic E-state index is 12.7. The lowest BCUT2D eigenvalue weighted by Crippen LogP contribution is -2.58. The first-order chi connectivity index (χ1) is 10.2. The number of aromatic nitrogens is 1. The highest BCUT2D eigenvalue weighted by Crippen LogP contribution is 2.40. The zero-order valence-corrected chi connectivity index (χ0v) is 12.9. The van der Waals surface area contributed by atoms with Gasteiger partial charge in [0.15, 0.2) is 0 Å². The molecule has 1 amide bonds. The molecular weight excluding hydrogens is 268 g/mol. The highest BCUT2D eigenvalue weighted by Gasteiger charge is 2.47. The first-order valence-corrected chi connectivity index (χ1v) is 7.67. The average molecular weight is 292 g/mol. The van der Waals surface area contributed by atoms with Crippen molar-refractivity contribution in [1.82, 2.24) is 9.47 Å². The van der Waals surface area contributed by atoms with Gasteiger partial charge in [-0.15, -0.1) is 0 Å². The van der Waals surface area contributed by atoms with Crippen LogP contribution in [0.2, 0.25) is 0 Å². The monoisotopic (exact) mass is 292 g/mol. The molecule has 0 spiro atoms. The summed E-state index contributed by atoms with van der Waals surface area (Å²) in [5, 5.41) is 0. The summed E-state index contributed by atoms with van der Waals surface area (Å²) in [4.78, 5) is 14.7. The van der Waals surface area contributed by atoms with Crippen LogP contribution in [0.5, 0.6) is 0 Å². The third-order valence-corrected chi connectivity index (χ3v) is 4.87. The number of amides is 1. The Morgan fingerprint density at radius 1 is 1.57 bits per heavy atom. The third-order valence-electron chi connectivity index (χ3n) is 4.87. The second kappa shape index (κ2) is 5.81. The molecule has 0 N–H and O–H groups in total. The molecule has 1 aromatic heterocycles. The summed E-state index contributed by atoms with van der Waals surface area (Å²) in [5.74, 6) is 0.113. The summed E-state index contributed by atoms with van der Waals surface area (Å²) in [6, 6.07) is 3.80. The summed E-state index contributed by atoms with van der Waals surface area (Å²) in [7, 11) is 3.65. The van der Waals surface area contributed by atoms with Crippen molar-refractivity contribution in [3.8, 4) is 0 Å². The van der Waals surface area contributed by atoms with Crippen molar-refractivity contribution in [3.63, 3.8) is 0 Å². The van der Waals surface area contributed by atoms with Crippen LogP contribution in [0.25, 0.3) is 0 Å². The molecule has 116 valence electrons. The summed E-state index contributed by atoms with van der Waals surface area (Å²) in [6.07, 6.45) is 5.16. The number of likely N-dealkylation sites (tertiary alicyclic amines) is 1. The lowest BCUT2D eigenvalue weighted by molar-refractivity contribution is -0.142. The van der Waals surface area contributed by atoms with E-state index < -0.39 is 0 Å². The van der Waals surface area contributed by atoms with E-state index in [1.54, 1.807) is 7.11 Å². The number of aryl methyl sites for hydroxylation is 1. The van der Waals surface area contributed by atoms with Gasteiger partial charge in [0.25, 0.3) is 5.91 Å². The molecule has 0 aliphatic carbocycles. The van der Waals surface area contributed by atoms with Crippen LogP contribution in [-0.2, 0) is 16.5 Å². The molecule has 0 saturated carbocycles. The van der Waals surface area contributed by atoms with Gasteiger partial charge in [-0.1, -0.05) is 0 Å². The smallest absolute Gasteiger partial charge is 0.270 e. The Kier molecular flexibility index (Phi) is 4.04. The van der Waals surface area contributed by atoms with E-state index in [1.165, 1.54) is 0 Å². The Hall–Kier alpha value is -1.33. The average Bonchev–Trinajstić information content (AvgIpc) is 2.92. The number of nitrogens with zero attached hydrogens (tertiary/aromatic N) is 2. The fourth-order valence-electron chi connectivity index (χ4n) is 3.81. The quantitative estimate of drug-likeness (QED) is 0.851. The summed E-state index contributed by atoms with van der Waals surface area (Å²) in [5.41, 5.74) is 0.712. The van der Waals surface area contributed by atoms with E-state index in [9.17, 15) is 4.79 Å². The number of carbonyl (C=O) groups is 1. The van der Waals surface area contributed by atoms with Crippen LogP contribution in [0, 0.1) is 5.41 Å². The van der Waals surface area contributed by atoms with Crippen LogP contribution in [0.4, 0.5) is 0 Å². The molecule has 2 fully saturated rings. The zero-order chi connectivity index (χ0) is 14.9. The Balaban J connectivity index is 1.80. The van der Waals surface area contributed by atoms with Gasteiger partial charge < -0.3 is 18.9 Å². The molecule has 5 heteroatoms. The standard InChI is InChI=1S/C16H24N2O3/c1-17-8-3-5-13(17)15(19)18-9-6-14-16(11-18,12-20-2)7-4-10-21-14/h3,5,8,14H,4,6-7,9-12H2,1-2H3/t14-,16-/m0/s1. The summed E-state index contributed by atoms with van der Waals surface area (Å²) < 4.78 is 13.3. The van der Waals surface area contributed by atoms with E-state index in [0.29, 0.717) is 6.61 Å². The molecule has 21 heavy (non-hydrogen) atoms. The molecule has 0 radical (unpaired) electrons. The predicted octanol–water partition coefficient (Wildman–Crippen LogP) is 1.68. The SMILES string of the molecule is COC[C@@]12CCCO[C@H]1CCN(C(=O)c1cccn1C)C2. The fraction of sp³-hybridized carbons (Fsp3) is 0.688. The van der Waals surface area contributed by atoms with Gasteiger partial charge in [-0.2, -0.15) is 0 Å². The minimum Gasteiger partial charge on any atom is -0.384 e. The Bertz CT molecular complexity index is 509. The number of hydrogen-bond acceptors (Lipinski definition) is 3. The Morgan fingerprint density at radius 2 is 2.43 bits per heavy atom. The number of methoxy groups -OCH3 is 1. The molecule has 2 atom stereocenters. The lowest BCUT2D eigenvalue weighted by Gasteiger charge is -2.50. The molecule has 0 unspecified atom stereocenters. The van der Waals surface area contributed by atoms with Crippen molar-refractivity contribution in [2.45, 2.75) is 25.4 Å². The molecule has 2 aliphatic rings. The minimum atomic E-state index is -0.0356. The van der Waals surface area contributed by atoms with Gasteiger partial charge in [0, 0.05) is 45.5 Å². The second-order valence-corrected chi connectivity index (χ2v) is 6.28. The number of rotatable bonds is 3. The highest BCUT2D eigenvalue weighted by molar-refractivity contribution is 5.92. The predicted molar refractivity (Wildman–Crippen MR) is 79.2 cm³/mol. The minimum absolute atomic E-state index is 0.0356. The first-order valence-electron chi connectivity index (χ1n) is 7.67. The van der Waals surface area contributed by atoms with E-state index in [1.807, 2.05) is 34.8 Å². The van der Waals surface area contributed by atoms with Gasteiger partial charge >= 0.3 is 0 Å². The molecule has 0 bridgehead atoms. The van der Waals surface area contributed by atoms with Gasteiger partial charge in [-0.25, -0.2) is 0 Å². The molecule has 2 saturated heterocycles. The topological polar surface area (TPSA) is 43.7 Å². The van der Waals surface area contributed by atoms with Gasteiger partial charge in [-0.3, -0.25) is 4.79 Å². The number of hydrogen-bond donors (Lipinski definition) is 0. The number of ether oxygens (including phenoxy) is 2. The first kappa shape index (κ1) is 14.6. The van der Waals surface area contributed by atoms with Gasteiger partial charge in [0.05, 0.1) is 12.7 Å². The van der Waals surface area contributed by atoms with Crippen molar-refractivity contribution < 1.29 is 14.3 Å². The third kappa shape index (κ3) is 2.60. The van der Waals surface area contributed by atoms with E-state index in [2.05, 4.69) is 0 Å². The van der Waals surface area contributed by atoms with Crippen molar-refractivity contribution in [2.75, 3.05) is 33.4 Å². The van der Waals surface area contributed by atoms with Crippen LogP contribution in [0.3, 0.4) is 0 Å². The molecule has 3 rings (SSSR count). The summed E-state index contributed by atoms with van der Waals surface area (Å²) in [6.45, 7) is 2.99. The van der Waals surface area contributed by atoms with Crippen LogP contribution >= 0.6 is 0 Å². The fourth-order valence-corrected chi connectivity index (χ4v) is 3.81. The van der Waals surface area contributed by atoms with Crippen molar-refractivity contribution in [1.29, 1.82) is 0 Å². The van der Waals surface area contributed by atoms with Crippen LogP contribution < -0.4 is 0 Å². The van der Waals surface area contributed by atoms with E-state index in [-0.39, 0.29) is 17.4 Å². The molecule has 5 nitrogen and oxygen atoms in total. The van der Waals surface area contributed by atoms with Crippen LogP contribution in [0.15, 0.2) is 18.3 Å². The zero-order valence-electron chi connectivity index (χ0n) is 12.9.